The monoisotopic (exact) mass is 393 g/mol. The first kappa shape index (κ1) is 17.7. The number of carbonyl (C=O) groups excluding carboxylic acids is 1. The van der Waals surface area contributed by atoms with Gasteiger partial charge < -0.3 is 9.47 Å². The molecule has 1 heterocycles. The zero-order valence-electron chi connectivity index (χ0n) is 13.2. The summed E-state index contributed by atoms with van der Waals surface area (Å²) in [5, 5.41) is 3.20. The molecule has 0 spiro atoms. The molecule has 7 heteroatoms. The van der Waals surface area contributed by atoms with Gasteiger partial charge in [-0.15, -0.1) is 11.3 Å². The predicted octanol–water partition coefficient (Wildman–Crippen LogP) is 5.48. The molecule has 0 saturated carbocycles. The number of halogens is 2. The van der Waals surface area contributed by atoms with Crippen molar-refractivity contribution in [3.05, 3.63) is 69.1 Å². The fourth-order valence-corrected chi connectivity index (χ4v) is 3.51. The molecule has 0 aliphatic rings. The standard InChI is InChI=1S/C18H13Cl2NO3S/c1-23-13-7-5-11(6-8-13)17-21-12(10-25-17)9-24-18(22)16-14(19)3-2-4-15(16)20/h2-8,10H,9H2,1H3. The van der Waals surface area contributed by atoms with E-state index in [2.05, 4.69) is 4.98 Å². The summed E-state index contributed by atoms with van der Waals surface area (Å²) in [5.74, 6) is 0.209. The van der Waals surface area contributed by atoms with E-state index in [-0.39, 0.29) is 22.2 Å². The van der Waals surface area contributed by atoms with Crippen LogP contribution < -0.4 is 4.74 Å². The molecule has 0 fully saturated rings. The number of nitrogens with zero attached hydrogens (tertiary/aromatic N) is 1. The number of benzene rings is 2. The molecule has 128 valence electrons. The summed E-state index contributed by atoms with van der Waals surface area (Å²) in [5.41, 5.74) is 1.79. The van der Waals surface area contributed by atoms with Gasteiger partial charge in [-0.3, -0.25) is 0 Å². The second-order valence-corrected chi connectivity index (χ2v) is 6.72. The SMILES string of the molecule is COc1ccc(-c2nc(COC(=O)c3c(Cl)cccc3Cl)cs2)cc1. The Labute approximate surface area is 158 Å². The van der Waals surface area contributed by atoms with E-state index >= 15 is 0 Å². The summed E-state index contributed by atoms with van der Waals surface area (Å²) >= 11 is 13.5. The molecule has 4 nitrogen and oxygen atoms in total. The zero-order valence-corrected chi connectivity index (χ0v) is 15.5. The van der Waals surface area contributed by atoms with E-state index in [1.165, 1.54) is 11.3 Å². The van der Waals surface area contributed by atoms with Crippen molar-refractivity contribution in [1.29, 1.82) is 0 Å². The number of carbonyl (C=O) groups is 1. The van der Waals surface area contributed by atoms with Gasteiger partial charge in [0, 0.05) is 10.9 Å². The summed E-state index contributed by atoms with van der Waals surface area (Å²) in [6, 6.07) is 12.5. The van der Waals surface area contributed by atoms with Crippen LogP contribution in [0.5, 0.6) is 5.75 Å². The molecule has 0 saturated heterocycles. The third-order valence-electron chi connectivity index (χ3n) is 3.41. The Kier molecular flexibility index (Phi) is 5.58. The Morgan fingerprint density at radius 3 is 2.44 bits per heavy atom. The molecule has 25 heavy (non-hydrogen) atoms. The highest BCUT2D eigenvalue weighted by Gasteiger charge is 2.16. The van der Waals surface area contributed by atoms with Gasteiger partial charge in [0.2, 0.25) is 0 Å². The van der Waals surface area contributed by atoms with Crippen molar-refractivity contribution in [2.75, 3.05) is 7.11 Å². The van der Waals surface area contributed by atoms with Crippen molar-refractivity contribution in [3.8, 4) is 16.3 Å². The minimum atomic E-state index is -0.574. The first-order chi connectivity index (χ1) is 12.1. The Morgan fingerprint density at radius 2 is 1.80 bits per heavy atom. The van der Waals surface area contributed by atoms with E-state index in [9.17, 15) is 4.79 Å². The number of aromatic nitrogens is 1. The van der Waals surface area contributed by atoms with Crippen LogP contribution in [-0.4, -0.2) is 18.1 Å². The Balaban J connectivity index is 1.68. The average molecular weight is 394 g/mol. The third kappa shape index (κ3) is 4.12. The van der Waals surface area contributed by atoms with Crippen LogP contribution in [-0.2, 0) is 11.3 Å². The molecule has 0 aliphatic heterocycles. The van der Waals surface area contributed by atoms with E-state index in [0.29, 0.717) is 5.69 Å². The summed E-state index contributed by atoms with van der Waals surface area (Å²) in [4.78, 5) is 16.7. The molecular formula is C18H13Cl2NO3S. The predicted molar refractivity (Wildman–Crippen MR) is 99.7 cm³/mol. The molecule has 3 aromatic rings. The lowest BCUT2D eigenvalue weighted by atomic mass is 10.2. The molecule has 0 amide bonds. The smallest absolute Gasteiger partial charge is 0.341 e. The quantitative estimate of drug-likeness (QED) is 0.538. The highest BCUT2D eigenvalue weighted by atomic mass is 35.5. The lowest BCUT2D eigenvalue weighted by molar-refractivity contribution is 0.0469. The van der Waals surface area contributed by atoms with Gasteiger partial charge >= 0.3 is 5.97 Å². The van der Waals surface area contributed by atoms with Gasteiger partial charge in [-0.05, 0) is 36.4 Å². The fraction of sp³-hybridized carbons (Fsp3) is 0.111. The topological polar surface area (TPSA) is 48.4 Å². The first-order valence-corrected chi connectivity index (χ1v) is 8.92. The molecule has 0 bridgehead atoms. The lowest BCUT2D eigenvalue weighted by Gasteiger charge is -2.06. The maximum absolute atomic E-state index is 12.2. The van der Waals surface area contributed by atoms with Crippen molar-refractivity contribution in [2.45, 2.75) is 6.61 Å². The maximum atomic E-state index is 12.2. The Hall–Kier alpha value is -2.08. The van der Waals surface area contributed by atoms with E-state index < -0.39 is 5.97 Å². The second-order valence-electron chi connectivity index (χ2n) is 5.05. The van der Waals surface area contributed by atoms with Gasteiger partial charge in [-0.25, -0.2) is 9.78 Å². The van der Waals surface area contributed by atoms with Gasteiger partial charge in [-0.2, -0.15) is 0 Å². The van der Waals surface area contributed by atoms with Gasteiger partial charge in [0.25, 0.3) is 0 Å². The van der Waals surface area contributed by atoms with Crippen molar-refractivity contribution >= 4 is 40.5 Å². The van der Waals surface area contributed by atoms with Crippen molar-refractivity contribution in [2.24, 2.45) is 0 Å². The molecule has 0 aliphatic carbocycles. The summed E-state index contributed by atoms with van der Waals surface area (Å²) in [7, 11) is 1.62. The van der Waals surface area contributed by atoms with E-state index in [1.807, 2.05) is 29.6 Å². The van der Waals surface area contributed by atoms with Crippen LogP contribution in [0.1, 0.15) is 16.1 Å². The van der Waals surface area contributed by atoms with Crippen molar-refractivity contribution in [1.82, 2.24) is 4.98 Å². The van der Waals surface area contributed by atoms with Gasteiger partial charge in [0.05, 0.1) is 28.4 Å². The molecule has 0 radical (unpaired) electrons. The van der Waals surface area contributed by atoms with Crippen LogP contribution in [0.15, 0.2) is 47.8 Å². The zero-order chi connectivity index (χ0) is 17.8. The molecular weight excluding hydrogens is 381 g/mol. The van der Waals surface area contributed by atoms with Gasteiger partial charge in [-0.1, -0.05) is 29.3 Å². The van der Waals surface area contributed by atoms with Gasteiger partial charge in [0.15, 0.2) is 0 Å². The maximum Gasteiger partial charge on any atom is 0.341 e. The Bertz CT molecular complexity index is 873. The van der Waals surface area contributed by atoms with Crippen LogP contribution in [0.3, 0.4) is 0 Å². The van der Waals surface area contributed by atoms with Gasteiger partial charge in [0.1, 0.15) is 17.4 Å². The molecule has 0 N–H and O–H groups in total. The van der Waals surface area contributed by atoms with E-state index in [4.69, 9.17) is 32.7 Å². The van der Waals surface area contributed by atoms with Crippen molar-refractivity contribution in [3.63, 3.8) is 0 Å². The van der Waals surface area contributed by atoms with E-state index in [0.717, 1.165) is 16.3 Å². The number of thiazole rings is 1. The molecule has 1 aromatic heterocycles. The second kappa shape index (κ2) is 7.87. The summed E-state index contributed by atoms with van der Waals surface area (Å²) in [6.45, 7) is 0.0487. The molecule has 0 atom stereocenters. The lowest BCUT2D eigenvalue weighted by Crippen LogP contribution is -2.07. The largest absolute Gasteiger partial charge is 0.497 e. The number of methoxy groups -OCH3 is 1. The molecule has 3 rings (SSSR count). The normalized spacial score (nSPS) is 10.5. The van der Waals surface area contributed by atoms with Crippen LogP contribution >= 0.6 is 34.5 Å². The Morgan fingerprint density at radius 1 is 1.12 bits per heavy atom. The molecule has 2 aromatic carbocycles. The number of rotatable bonds is 5. The highest BCUT2D eigenvalue weighted by Crippen LogP contribution is 2.27. The van der Waals surface area contributed by atoms with Crippen LogP contribution in [0.25, 0.3) is 10.6 Å². The molecule has 0 unspecified atom stereocenters. The first-order valence-electron chi connectivity index (χ1n) is 7.28. The number of hydrogen-bond acceptors (Lipinski definition) is 5. The van der Waals surface area contributed by atoms with Crippen LogP contribution in [0.4, 0.5) is 0 Å². The minimum absolute atomic E-state index is 0.0487. The minimum Gasteiger partial charge on any atom is -0.497 e. The number of esters is 1. The number of ether oxygens (including phenoxy) is 2. The van der Waals surface area contributed by atoms with Crippen molar-refractivity contribution < 1.29 is 14.3 Å². The summed E-state index contributed by atoms with van der Waals surface area (Å²) < 4.78 is 10.4. The van der Waals surface area contributed by atoms with Crippen LogP contribution in [0.2, 0.25) is 10.0 Å². The average Bonchev–Trinajstić information content (AvgIpc) is 3.09. The van der Waals surface area contributed by atoms with E-state index in [1.54, 1.807) is 25.3 Å². The van der Waals surface area contributed by atoms with Crippen LogP contribution in [0, 0.1) is 0 Å². The highest BCUT2D eigenvalue weighted by molar-refractivity contribution is 7.13. The number of hydrogen-bond donors (Lipinski definition) is 0. The third-order valence-corrected chi connectivity index (χ3v) is 4.98. The fourth-order valence-electron chi connectivity index (χ4n) is 2.14. The summed E-state index contributed by atoms with van der Waals surface area (Å²) in [6.07, 6.45) is 0.